The van der Waals surface area contributed by atoms with E-state index >= 15 is 0 Å². The minimum atomic E-state index is -0.277. The van der Waals surface area contributed by atoms with Gasteiger partial charge in [0, 0.05) is 26.8 Å². The highest BCUT2D eigenvalue weighted by atomic mass is 16.5. The van der Waals surface area contributed by atoms with Crippen molar-refractivity contribution in [2.24, 2.45) is 5.73 Å². The predicted molar refractivity (Wildman–Crippen MR) is 74.0 cm³/mol. The third-order valence-corrected chi connectivity index (χ3v) is 3.50. The van der Waals surface area contributed by atoms with Crippen LogP contribution in [0.4, 0.5) is 5.95 Å². The van der Waals surface area contributed by atoms with Crippen molar-refractivity contribution in [1.82, 2.24) is 10.1 Å². The Labute approximate surface area is 117 Å². The Kier molecular flexibility index (Phi) is 3.66. The molecular weight excluding hydrogens is 256 g/mol. The number of nitrogens with zero attached hydrogens (tertiary/aromatic N) is 3. The number of aromatic nitrogens is 2. The predicted octanol–water partition coefficient (Wildman–Crippen LogP) is 1.63. The zero-order valence-corrected chi connectivity index (χ0v) is 11.5. The summed E-state index contributed by atoms with van der Waals surface area (Å²) in [6, 6.07) is 8.07. The van der Waals surface area contributed by atoms with Gasteiger partial charge >= 0.3 is 0 Å². The lowest BCUT2D eigenvalue weighted by Crippen LogP contribution is -2.17. The number of methoxy groups -OCH3 is 1. The molecule has 0 fully saturated rings. The molecule has 0 bridgehead atoms. The highest BCUT2D eigenvalue weighted by molar-refractivity contribution is 5.42. The van der Waals surface area contributed by atoms with E-state index in [4.69, 9.17) is 15.0 Å². The standard InChI is InChI=1S/C14H18N4O2/c1-19-7-6-12(15)13-16-14(17-20-13)18-8-10-4-2-3-5-11(10)9-18/h2-5,12H,6-9,15H2,1H3. The van der Waals surface area contributed by atoms with Crippen LogP contribution in [0.2, 0.25) is 0 Å². The lowest BCUT2D eigenvalue weighted by molar-refractivity contribution is 0.182. The zero-order valence-electron chi connectivity index (χ0n) is 11.5. The van der Waals surface area contributed by atoms with Gasteiger partial charge in [-0.1, -0.05) is 24.3 Å². The topological polar surface area (TPSA) is 77.4 Å². The number of nitrogens with two attached hydrogens (primary N) is 1. The largest absolute Gasteiger partial charge is 0.385 e. The van der Waals surface area contributed by atoms with E-state index in [0.29, 0.717) is 24.9 Å². The van der Waals surface area contributed by atoms with E-state index < -0.39 is 0 Å². The van der Waals surface area contributed by atoms with E-state index in [1.807, 2.05) is 12.1 Å². The molecule has 2 aromatic rings. The van der Waals surface area contributed by atoms with Gasteiger partial charge in [0.25, 0.3) is 5.95 Å². The summed E-state index contributed by atoms with van der Waals surface area (Å²) in [6.45, 7) is 2.19. The van der Waals surface area contributed by atoms with E-state index in [2.05, 4.69) is 27.2 Å². The minimum absolute atomic E-state index is 0.277. The van der Waals surface area contributed by atoms with Gasteiger partial charge in [0.1, 0.15) is 0 Å². The summed E-state index contributed by atoms with van der Waals surface area (Å²) in [5.74, 6) is 1.07. The number of ether oxygens (including phenoxy) is 1. The molecule has 106 valence electrons. The van der Waals surface area contributed by atoms with Crippen molar-refractivity contribution in [3.63, 3.8) is 0 Å². The van der Waals surface area contributed by atoms with Crippen LogP contribution in [0, 0.1) is 0 Å². The average Bonchev–Trinajstić information content (AvgIpc) is 3.10. The number of hydrogen-bond donors (Lipinski definition) is 1. The van der Waals surface area contributed by atoms with Crippen LogP contribution in [0.25, 0.3) is 0 Å². The Balaban J connectivity index is 1.69. The molecule has 2 heterocycles. The summed E-state index contributed by atoms with van der Waals surface area (Å²) in [4.78, 5) is 6.48. The molecule has 0 saturated carbocycles. The van der Waals surface area contributed by atoms with Crippen molar-refractivity contribution in [3.05, 3.63) is 41.3 Å². The summed E-state index contributed by atoms with van der Waals surface area (Å²) in [7, 11) is 1.65. The highest BCUT2D eigenvalue weighted by Gasteiger charge is 2.24. The molecule has 20 heavy (non-hydrogen) atoms. The number of anilines is 1. The minimum Gasteiger partial charge on any atom is -0.385 e. The van der Waals surface area contributed by atoms with Gasteiger partial charge in [0.2, 0.25) is 5.89 Å². The molecule has 6 nitrogen and oxygen atoms in total. The molecular formula is C14H18N4O2. The normalized spacial score (nSPS) is 15.4. The van der Waals surface area contributed by atoms with Crippen molar-refractivity contribution >= 4 is 5.95 Å². The number of hydrogen-bond acceptors (Lipinski definition) is 6. The van der Waals surface area contributed by atoms with Crippen molar-refractivity contribution in [2.45, 2.75) is 25.6 Å². The molecule has 0 spiro atoms. The summed E-state index contributed by atoms with van der Waals surface area (Å²) in [6.07, 6.45) is 0.665. The monoisotopic (exact) mass is 274 g/mol. The Bertz CT molecular complexity index is 559. The maximum absolute atomic E-state index is 5.98. The highest BCUT2D eigenvalue weighted by Crippen LogP contribution is 2.26. The second-order valence-corrected chi connectivity index (χ2v) is 4.95. The van der Waals surface area contributed by atoms with Crippen molar-refractivity contribution in [1.29, 1.82) is 0 Å². The smallest absolute Gasteiger partial charge is 0.266 e. The van der Waals surface area contributed by atoms with Gasteiger partial charge in [0.15, 0.2) is 0 Å². The van der Waals surface area contributed by atoms with Crippen molar-refractivity contribution in [2.75, 3.05) is 18.6 Å². The third kappa shape index (κ3) is 2.52. The SMILES string of the molecule is COCCC(N)c1nc(N2Cc3ccccc3C2)no1. The quantitative estimate of drug-likeness (QED) is 0.892. The lowest BCUT2D eigenvalue weighted by atomic mass is 10.1. The van der Waals surface area contributed by atoms with Gasteiger partial charge in [-0.05, 0) is 22.7 Å². The van der Waals surface area contributed by atoms with Crippen LogP contribution >= 0.6 is 0 Å². The Hall–Kier alpha value is -1.92. The molecule has 6 heteroatoms. The maximum atomic E-state index is 5.98. The van der Waals surface area contributed by atoms with Crippen LogP contribution in [0.3, 0.4) is 0 Å². The molecule has 2 N–H and O–H groups in total. The van der Waals surface area contributed by atoms with Crippen LogP contribution in [0.15, 0.2) is 28.8 Å². The van der Waals surface area contributed by atoms with Gasteiger partial charge < -0.3 is 19.9 Å². The van der Waals surface area contributed by atoms with E-state index in [0.717, 1.165) is 13.1 Å². The zero-order chi connectivity index (χ0) is 13.9. The molecule has 1 unspecified atom stereocenters. The summed E-state index contributed by atoms with van der Waals surface area (Å²) in [5, 5.41) is 4.03. The van der Waals surface area contributed by atoms with Crippen LogP contribution in [-0.2, 0) is 17.8 Å². The molecule has 3 rings (SSSR count). The summed E-state index contributed by atoms with van der Waals surface area (Å²) in [5.41, 5.74) is 8.60. The van der Waals surface area contributed by atoms with E-state index in [-0.39, 0.29) is 6.04 Å². The van der Waals surface area contributed by atoms with Gasteiger partial charge in [-0.3, -0.25) is 0 Å². The fraction of sp³-hybridized carbons (Fsp3) is 0.429. The fourth-order valence-corrected chi connectivity index (χ4v) is 2.35. The first-order valence-corrected chi connectivity index (χ1v) is 6.68. The molecule has 1 aromatic heterocycles. The lowest BCUT2D eigenvalue weighted by Gasteiger charge is -2.10. The van der Waals surface area contributed by atoms with Gasteiger partial charge in [-0.15, -0.1) is 0 Å². The Morgan fingerprint density at radius 3 is 2.70 bits per heavy atom. The Morgan fingerprint density at radius 2 is 2.05 bits per heavy atom. The Morgan fingerprint density at radius 1 is 1.35 bits per heavy atom. The van der Waals surface area contributed by atoms with Gasteiger partial charge in [0.05, 0.1) is 6.04 Å². The number of fused-ring (bicyclic) bond motifs is 1. The van der Waals surface area contributed by atoms with Crippen LogP contribution in [-0.4, -0.2) is 23.9 Å². The van der Waals surface area contributed by atoms with E-state index in [1.165, 1.54) is 11.1 Å². The van der Waals surface area contributed by atoms with E-state index in [9.17, 15) is 0 Å². The average molecular weight is 274 g/mol. The molecule has 0 radical (unpaired) electrons. The van der Waals surface area contributed by atoms with Crippen molar-refractivity contribution in [3.8, 4) is 0 Å². The molecule has 0 aliphatic carbocycles. The van der Waals surface area contributed by atoms with Gasteiger partial charge in [-0.2, -0.15) is 4.98 Å². The molecule has 0 amide bonds. The van der Waals surface area contributed by atoms with Crippen LogP contribution < -0.4 is 10.6 Å². The van der Waals surface area contributed by atoms with E-state index in [1.54, 1.807) is 7.11 Å². The first kappa shape index (κ1) is 13.1. The number of rotatable bonds is 5. The van der Waals surface area contributed by atoms with Gasteiger partial charge in [-0.25, -0.2) is 0 Å². The molecule has 1 atom stereocenters. The second-order valence-electron chi connectivity index (χ2n) is 4.95. The second kappa shape index (κ2) is 5.60. The fourth-order valence-electron chi connectivity index (χ4n) is 2.35. The van der Waals surface area contributed by atoms with Crippen LogP contribution in [0.1, 0.15) is 29.5 Å². The van der Waals surface area contributed by atoms with Crippen LogP contribution in [0.5, 0.6) is 0 Å². The molecule has 0 saturated heterocycles. The van der Waals surface area contributed by atoms with Crippen molar-refractivity contribution < 1.29 is 9.26 Å². The summed E-state index contributed by atoms with van der Waals surface area (Å²) < 4.78 is 10.3. The molecule has 1 aliphatic heterocycles. The molecule has 1 aromatic carbocycles. The first-order valence-electron chi connectivity index (χ1n) is 6.68. The summed E-state index contributed by atoms with van der Waals surface area (Å²) >= 11 is 0. The number of benzene rings is 1. The first-order chi connectivity index (χ1) is 9.78. The maximum Gasteiger partial charge on any atom is 0.266 e. The third-order valence-electron chi connectivity index (χ3n) is 3.50. The molecule has 1 aliphatic rings.